The van der Waals surface area contributed by atoms with Crippen molar-refractivity contribution in [1.82, 2.24) is 4.90 Å². The monoisotopic (exact) mass is 253 g/mol. The summed E-state index contributed by atoms with van der Waals surface area (Å²) in [5, 5.41) is 0. The topological polar surface area (TPSA) is 12.5 Å². The summed E-state index contributed by atoms with van der Waals surface area (Å²) >= 11 is 0. The lowest BCUT2D eigenvalue weighted by Gasteiger charge is -2.31. The third-order valence-electron chi connectivity index (χ3n) is 3.55. The van der Waals surface area contributed by atoms with Crippen LogP contribution < -0.4 is 4.74 Å². The maximum atomic E-state index is 5.97. The van der Waals surface area contributed by atoms with Gasteiger partial charge in [-0.2, -0.15) is 0 Å². The van der Waals surface area contributed by atoms with Gasteiger partial charge < -0.3 is 4.74 Å². The molecule has 98 valence electrons. The Hall–Kier alpha value is -1.80. The van der Waals surface area contributed by atoms with Gasteiger partial charge in [0, 0.05) is 12.1 Å². The Labute approximate surface area is 114 Å². The highest BCUT2D eigenvalue weighted by Crippen LogP contribution is 2.23. The largest absolute Gasteiger partial charge is 0.489 e. The minimum Gasteiger partial charge on any atom is -0.489 e. The van der Waals surface area contributed by atoms with Crippen molar-refractivity contribution < 1.29 is 4.74 Å². The Kier molecular flexibility index (Phi) is 3.80. The molecule has 0 aliphatic carbocycles. The van der Waals surface area contributed by atoms with E-state index < -0.39 is 0 Å². The molecular formula is C17H19NO. The molecule has 0 N–H and O–H groups in total. The molecule has 0 radical (unpaired) electrons. The molecule has 0 unspecified atom stereocenters. The molecule has 1 fully saturated rings. The molecule has 0 amide bonds. The molecule has 0 aromatic heterocycles. The second-order valence-electron chi connectivity index (χ2n) is 5.01. The van der Waals surface area contributed by atoms with Gasteiger partial charge in [-0.05, 0) is 31.1 Å². The van der Waals surface area contributed by atoms with Gasteiger partial charge in [0.05, 0.1) is 0 Å². The molecule has 0 bridgehead atoms. The molecule has 2 aromatic carbocycles. The normalized spacial score (nSPS) is 14.9. The Bertz CT molecular complexity index is 520. The number of rotatable bonds is 5. The van der Waals surface area contributed by atoms with Gasteiger partial charge in [-0.15, -0.1) is 0 Å². The molecule has 1 aliphatic rings. The van der Waals surface area contributed by atoms with Gasteiger partial charge in [0.25, 0.3) is 0 Å². The molecule has 0 spiro atoms. The first-order valence-electron chi connectivity index (χ1n) is 6.89. The first kappa shape index (κ1) is 12.2. The Balaban J connectivity index is 1.66. The van der Waals surface area contributed by atoms with Gasteiger partial charge in [-0.25, -0.2) is 0 Å². The van der Waals surface area contributed by atoms with Crippen LogP contribution in [0.25, 0.3) is 0 Å². The quantitative estimate of drug-likeness (QED) is 0.809. The van der Waals surface area contributed by atoms with E-state index in [9.17, 15) is 0 Å². The van der Waals surface area contributed by atoms with E-state index in [2.05, 4.69) is 35.2 Å². The van der Waals surface area contributed by atoms with E-state index in [-0.39, 0.29) is 0 Å². The number of likely N-dealkylation sites (tertiary alicyclic amines) is 1. The maximum Gasteiger partial charge on any atom is 0.124 e. The lowest BCUT2D eigenvalue weighted by Crippen LogP contribution is -2.36. The summed E-state index contributed by atoms with van der Waals surface area (Å²) in [7, 11) is 0. The van der Waals surface area contributed by atoms with Crippen LogP contribution in [-0.2, 0) is 13.2 Å². The minimum absolute atomic E-state index is 0.637. The number of ether oxygens (including phenoxy) is 1. The summed E-state index contributed by atoms with van der Waals surface area (Å²) in [4.78, 5) is 2.45. The zero-order valence-electron chi connectivity index (χ0n) is 11.1. The van der Waals surface area contributed by atoms with Crippen LogP contribution in [0.15, 0.2) is 54.6 Å². The highest BCUT2D eigenvalue weighted by Gasteiger charge is 2.15. The predicted octanol–water partition coefficient (Wildman–Crippen LogP) is 3.47. The zero-order chi connectivity index (χ0) is 12.9. The van der Waals surface area contributed by atoms with E-state index in [1.165, 1.54) is 30.6 Å². The van der Waals surface area contributed by atoms with E-state index in [0.717, 1.165) is 12.3 Å². The Morgan fingerprint density at radius 1 is 0.895 bits per heavy atom. The third kappa shape index (κ3) is 3.15. The lowest BCUT2D eigenvalue weighted by atomic mass is 10.1. The van der Waals surface area contributed by atoms with Gasteiger partial charge in [0.15, 0.2) is 0 Å². The smallest absolute Gasteiger partial charge is 0.124 e. The van der Waals surface area contributed by atoms with E-state index >= 15 is 0 Å². The van der Waals surface area contributed by atoms with Crippen LogP contribution in [0.2, 0.25) is 0 Å². The van der Waals surface area contributed by atoms with Crippen molar-refractivity contribution in [2.24, 2.45) is 0 Å². The molecule has 2 heteroatoms. The molecular weight excluding hydrogens is 234 g/mol. The summed E-state index contributed by atoms with van der Waals surface area (Å²) in [6.45, 7) is 4.07. The highest BCUT2D eigenvalue weighted by atomic mass is 16.5. The van der Waals surface area contributed by atoms with E-state index in [1.807, 2.05) is 24.3 Å². The van der Waals surface area contributed by atoms with Gasteiger partial charge in [-0.1, -0.05) is 48.5 Å². The first-order chi connectivity index (χ1) is 9.42. The Morgan fingerprint density at radius 2 is 1.63 bits per heavy atom. The van der Waals surface area contributed by atoms with E-state index in [4.69, 9.17) is 4.74 Å². The molecule has 3 rings (SSSR count). The molecule has 19 heavy (non-hydrogen) atoms. The van der Waals surface area contributed by atoms with Gasteiger partial charge >= 0.3 is 0 Å². The highest BCUT2D eigenvalue weighted by molar-refractivity contribution is 5.33. The van der Waals surface area contributed by atoms with Crippen molar-refractivity contribution in [1.29, 1.82) is 0 Å². The van der Waals surface area contributed by atoms with E-state index in [1.54, 1.807) is 0 Å². The number of nitrogens with zero attached hydrogens (tertiary/aromatic N) is 1. The molecule has 1 aliphatic heterocycles. The summed E-state index contributed by atoms with van der Waals surface area (Å²) < 4.78 is 5.97. The van der Waals surface area contributed by atoms with Crippen LogP contribution in [0.3, 0.4) is 0 Å². The maximum absolute atomic E-state index is 5.97. The van der Waals surface area contributed by atoms with Crippen molar-refractivity contribution in [2.75, 3.05) is 13.1 Å². The summed E-state index contributed by atoms with van der Waals surface area (Å²) in [6.07, 6.45) is 1.33. The second kappa shape index (κ2) is 5.89. The third-order valence-corrected chi connectivity index (χ3v) is 3.55. The van der Waals surface area contributed by atoms with Crippen LogP contribution in [0.5, 0.6) is 5.75 Å². The number of para-hydroxylation sites is 1. The molecule has 2 aromatic rings. The summed E-state index contributed by atoms with van der Waals surface area (Å²) in [5.74, 6) is 1.01. The first-order valence-corrected chi connectivity index (χ1v) is 6.89. The van der Waals surface area contributed by atoms with Gasteiger partial charge in [-0.3, -0.25) is 4.90 Å². The SMILES string of the molecule is c1ccc(COc2ccccc2CN2CCC2)cc1. The fraction of sp³-hybridized carbons (Fsp3) is 0.294. The molecule has 0 saturated carbocycles. The molecule has 1 heterocycles. The zero-order valence-corrected chi connectivity index (χ0v) is 11.1. The van der Waals surface area contributed by atoms with E-state index in [0.29, 0.717) is 6.61 Å². The summed E-state index contributed by atoms with van der Waals surface area (Å²) in [5.41, 5.74) is 2.50. The Morgan fingerprint density at radius 3 is 2.37 bits per heavy atom. The number of benzene rings is 2. The van der Waals surface area contributed by atoms with Crippen LogP contribution in [0, 0.1) is 0 Å². The second-order valence-corrected chi connectivity index (χ2v) is 5.01. The molecule has 2 nitrogen and oxygen atoms in total. The van der Waals surface area contributed by atoms with Crippen LogP contribution in [-0.4, -0.2) is 18.0 Å². The average Bonchev–Trinajstić information content (AvgIpc) is 2.43. The fourth-order valence-corrected chi connectivity index (χ4v) is 2.29. The fourth-order valence-electron chi connectivity index (χ4n) is 2.29. The number of hydrogen-bond donors (Lipinski definition) is 0. The average molecular weight is 253 g/mol. The predicted molar refractivity (Wildman–Crippen MR) is 77.1 cm³/mol. The van der Waals surface area contributed by atoms with Gasteiger partial charge in [0.2, 0.25) is 0 Å². The van der Waals surface area contributed by atoms with Crippen molar-refractivity contribution in [3.05, 3.63) is 65.7 Å². The van der Waals surface area contributed by atoms with Crippen LogP contribution >= 0.6 is 0 Å². The van der Waals surface area contributed by atoms with Crippen molar-refractivity contribution >= 4 is 0 Å². The van der Waals surface area contributed by atoms with Gasteiger partial charge in [0.1, 0.15) is 12.4 Å². The van der Waals surface area contributed by atoms with Crippen molar-refractivity contribution in [2.45, 2.75) is 19.6 Å². The molecule has 1 saturated heterocycles. The lowest BCUT2D eigenvalue weighted by molar-refractivity contribution is 0.169. The van der Waals surface area contributed by atoms with Crippen molar-refractivity contribution in [3.63, 3.8) is 0 Å². The van der Waals surface area contributed by atoms with Crippen LogP contribution in [0.1, 0.15) is 17.5 Å². The van der Waals surface area contributed by atoms with Crippen LogP contribution in [0.4, 0.5) is 0 Å². The number of hydrogen-bond acceptors (Lipinski definition) is 2. The minimum atomic E-state index is 0.637. The molecule has 0 atom stereocenters. The van der Waals surface area contributed by atoms with Crippen molar-refractivity contribution in [3.8, 4) is 5.75 Å². The summed E-state index contributed by atoms with van der Waals surface area (Å²) in [6, 6.07) is 18.7. The standard InChI is InChI=1S/C17H19NO/c1-2-7-15(8-3-1)14-19-17-10-5-4-9-16(17)13-18-11-6-12-18/h1-5,7-10H,6,11-14H2.